The van der Waals surface area contributed by atoms with Crippen LogP contribution in [-0.2, 0) is 0 Å². The van der Waals surface area contributed by atoms with Crippen LogP contribution in [0.5, 0.6) is 11.5 Å². The van der Waals surface area contributed by atoms with Crippen molar-refractivity contribution in [1.29, 1.82) is 0 Å². The molecule has 0 spiro atoms. The third-order valence-electron chi connectivity index (χ3n) is 3.31. The molecule has 116 valence electrons. The Hall–Kier alpha value is -1.89. The van der Waals surface area contributed by atoms with Gasteiger partial charge in [0.05, 0.1) is 7.11 Å². The van der Waals surface area contributed by atoms with E-state index in [-0.39, 0.29) is 29.0 Å². The van der Waals surface area contributed by atoms with Gasteiger partial charge in [0, 0.05) is 18.2 Å². The van der Waals surface area contributed by atoms with Crippen LogP contribution in [0.4, 0.5) is 8.78 Å². The molecule has 1 fully saturated rings. The summed E-state index contributed by atoms with van der Waals surface area (Å²) < 4.78 is 33.9. The molecule has 0 aromatic heterocycles. The van der Waals surface area contributed by atoms with E-state index in [1.807, 2.05) is 0 Å². The fraction of sp³-hybridized carbons (Fsp3) is 0.500. The zero-order valence-electron chi connectivity index (χ0n) is 11.7. The Bertz CT molecular complexity index is 491. The van der Waals surface area contributed by atoms with Crippen molar-refractivity contribution >= 4 is 5.91 Å². The second-order valence-electron chi connectivity index (χ2n) is 4.75. The summed E-state index contributed by atoms with van der Waals surface area (Å²) in [4.78, 5) is 12.0. The summed E-state index contributed by atoms with van der Waals surface area (Å²) in [6.07, 6.45) is 2.11. The third-order valence-corrected chi connectivity index (χ3v) is 3.31. The quantitative estimate of drug-likeness (QED) is 0.841. The summed E-state index contributed by atoms with van der Waals surface area (Å²) in [5.41, 5.74) is 0.254. The van der Waals surface area contributed by atoms with Crippen molar-refractivity contribution in [3.05, 3.63) is 23.8 Å². The number of amides is 1. The minimum absolute atomic E-state index is 0.154. The second-order valence-corrected chi connectivity index (χ2v) is 4.75. The van der Waals surface area contributed by atoms with Crippen LogP contribution in [-0.4, -0.2) is 38.8 Å². The van der Waals surface area contributed by atoms with E-state index in [1.54, 1.807) is 0 Å². The third kappa shape index (κ3) is 4.29. The molecule has 1 heterocycles. The predicted octanol–water partition coefficient (Wildman–Crippen LogP) is 1.78. The van der Waals surface area contributed by atoms with Crippen LogP contribution in [0.25, 0.3) is 0 Å². The van der Waals surface area contributed by atoms with E-state index in [0.29, 0.717) is 6.54 Å². The molecular formula is C14H18F2N2O3. The van der Waals surface area contributed by atoms with E-state index in [0.717, 1.165) is 19.4 Å². The Labute approximate surface area is 121 Å². The first-order valence-corrected chi connectivity index (χ1v) is 6.74. The largest absolute Gasteiger partial charge is 0.493 e. The van der Waals surface area contributed by atoms with E-state index in [2.05, 4.69) is 15.4 Å². The van der Waals surface area contributed by atoms with Crippen LogP contribution in [0.2, 0.25) is 0 Å². The van der Waals surface area contributed by atoms with Crippen LogP contribution < -0.4 is 20.1 Å². The first kappa shape index (κ1) is 15.5. The molecule has 5 nitrogen and oxygen atoms in total. The van der Waals surface area contributed by atoms with Gasteiger partial charge in [-0.1, -0.05) is 0 Å². The summed E-state index contributed by atoms with van der Waals surface area (Å²) in [7, 11) is 1.35. The summed E-state index contributed by atoms with van der Waals surface area (Å²) >= 11 is 0. The Kier molecular flexibility index (Phi) is 5.32. The molecule has 21 heavy (non-hydrogen) atoms. The molecule has 0 bridgehead atoms. The van der Waals surface area contributed by atoms with Crippen LogP contribution in [0.15, 0.2) is 18.2 Å². The first-order chi connectivity index (χ1) is 10.1. The number of nitrogens with one attached hydrogen (secondary N) is 2. The molecule has 1 aromatic rings. The van der Waals surface area contributed by atoms with Gasteiger partial charge in [0.25, 0.3) is 5.91 Å². The lowest BCUT2D eigenvalue weighted by Crippen LogP contribution is -2.37. The van der Waals surface area contributed by atoms with Gasteiger partial charge in [0.15, 0.2) is 11.5 Å². The van der Waals surface area contributed by atoms with Gasteiger partial charge in [-0.25, -0.2) is 0 Å². The molecule has 2 N–H and O–H groups in total. The van der Waals surface area contributed by atoms with Crippen molar-refractivity contribution in [2.45, 2.75) is 25.5 Å². The molecule has 0 radical (unpaired) electrons. The molecule has 7 heteroatoms. The average molecular weight is 300 g/mol. The van der Waals surface area contributed by atoms with E-state index < -0.39 is 6.61 Å². The number of benzene rings is 1. The highest BCUT2D eigenvalue weighted by Gasteiger charge is 2.17. The molecule has 1 aromatic carbocycles. The molecule has 1 amide bonds. The number of methoxy groups -OCH3 is 1. The van der Waals surface area contributed by atoms with Gasteiger partial charge in [-0.15, -0.1) is 0 Å². The Balaban J connectivity index is 2.02. The van der Waals surface area contributed by atoms with E-state index in [9.17, 15) is 13.6 Å². The van der Waals surface area contributed by atoms with Crippen molar-refractivity contribution in [3.8, 4) is 11.5 Å². The van der Waals surface area contributed by atoms with Gasteiger partial charge in [0.1, 0.15) is 0 Å². The van der Waals surface area contributed by atoms with E-state index in [4.69, 9.17) is 4.74 Å². The minimum atomic E-state index is -2.97. The summed E-state index contributed by atoms with van der Waals surface area (Å²) in [5.74, 6) is -0.325. The summed E-state index contributed by atoms with van der Waals surface area (Å²) in [5, 5.41) is 6.03. The van der Waals surface area contributed by atoms with Gasteiger partial charge >= 0.3 is 6.61 Å². The molecule has 1 aliphatic rings. The number of halogens is 2. The maximum Gasteiger partial charge on any atom is 0.387 e. The zero-order valence-corrected chi connectivity index (χ0v) is 11.7. The van der Waals surface area contributed by atoms with Crippen molar-refractivity contribution in [1.82, 2.24) is 10.6 Å². The summed E-state index contributed by atoms with van der Waals surface area (Å²) in [6, 6.07) is 4.46. The Morgan fingerprint density at radius 3 is 2.90 bits per heavy atom. The topological polar surface area (TPSA) is 59.6 Å². The van der Waals surface area contributed by atoms with Crippen molar-refractivity contribution in [2.24, 2.45) is 0 Å². The minimum Gasteiger partial charge on any atom is -0.493 e. The van der Waals surface area contributed by atoms with Gasteiger partial charge in [-0.2, -0.15) is 8.78 Å². The van der Waals surface area contributed by atoms with Gasteiger partial charge < -0.3 is 20.1 Å². The van der Waals surface area contributed by atoms with Crippen LogP contribution in [0.1, 0.15) is 23.2 Å². The second kappa shape index (κ2) is 7.21. The molecule has 1 aliphatic heterocycles. The van der Waals surface area contributed by atoms with E-state index in [1.165, 1.54) is 25.3 Å². The zero-order chi connectivity index (χ0) is 15.2. The molecule has 2 rings (SSSR count). The number of carbonyl (C=O) groups excluding carboxylic acids is 1. The number of ether oxygens (including phenoxy) is 2. The SMILES string of the molecule is COc1ccc(C(=O)NCC2CCCN2)cc1OC(F)F. The van der Waals surface area contributed by atoms with Gasteiger partial charge in [-0.3, -0.25) is 4.79 Å². The smallest absolute Gasteiger partial charge is 0.387 e. The van der Waals surface area contributed by atoms with Crippen molar-refractivity contribution < 1.29 is 23.0 Å². The highest BCUT2D eigenvalue weighted by Crippen LogP contribution is 2.29. The van der Waals surface area contributed by atoms with Crippen LogP contribution >= 0.6 is 0 Å². The summed E-state index contributed by atoms with van der Waals surface area (Å²) in [6.45, 7) is -1.51. The lowest BCUT2D eigenvalue weighted by molar-refractivity contribution is -0.0512. The fourth-order valence-corrected chi connectivity index (χ4v) is 2.25. The number of carbonyl (C=O) groups is 1. The highest BCUT2D eigenvalue weighted by molar-refractivity contribution is 5.94. The monoisotopic (exact) mass is 300 g/mol. The highest BCUT2D eigenvalue weighted by atomic mass is 19.3. The first-order valence-electron chi connectivity index (χ1n) is 6.74. The molecular weight excluding hydrogens is 282 g/mol. The van der Waals surface area contributed by atoms with Crippen LogP contribution in [0, 0.1) is 0 Å². The number of rotatable bonds is 6. The lowest BCUT2D eigenvalue weighted by Gasteiger charge is -2.13. The fourth-order valence-electron chi connectivity index (χ4n) is 2.25. The number of hydrogen-bond acceptors (Lipinski definition) is 4. The maximum atomic E-state index is 12.3. The molecule has 0 saturated carbocycles. The van der Waals surface area contributed by atoms with Crippen LogP contribution in [0.3, 0.4) is 0 Å². The molecule has 0 aliphatic carbocycles. The standard InChI is InChI=1S/C14H18F2N2O3/c1-20-11-5-4-9(7-12(11)21-14(15)16)13(19)18-8-10-3-2-6-17-10/h4-5,7,10,14,17H,2-3,6,8H2,1H3,(H,18,19). The maximum absolute atomic E-state index is 12.3. The van der Waals surface area contributed by atoms with Gasteiger partial charge in [-0.05, 0) is 37.6 Å². The van der Waals surface area contributed by atoms with Crippen molar-refractivity contribution in [2.75, 3.05) is 20.2 Å². The van der Waals surface area contributed by atoms with Gasteiger partial charge in [0.2, 0.25) is 0 Å². The van der Waals surface area contributed by atoms with E-state index >= 15 is 0 Å². The molecule has 1 saturated heterocycles. The number of hydrogen-bond donors (Lipinski definition) is 2. The van der Waals surface area contributed by atoms with Crippen molar-refractivity contribution in [3.63, 3.8) is 0 Å². The lowest BCUT2D eigenvalue weighted by atomic mass is 10.1. The Morgan fingerprint density at radius 2 is 2.29 bits per heavy atom. The predicted molar refractivity (Wildman–Crippen MR) is 73.0 cm³/mol. The molecule has 1 atom stereocenters. The molecule has 1 unspecified atom stereocenters. The Morgan fingerprint density at radius 1 is 1.48 bits per heavy atom. The normalized spacial score (nSPS) is 17.8. The number of alkyl halides is 2. The average Bonchev–Trinajstić information content (AvgIpc) is 2.97.